The first-order valence-corrected chi connectivity index (χ1v) is 11.5. The van der Waals surface area contributed by atoms with Gasteiger partial charge in [-0.3, -0.25) is 0 Å². The van der Waals surface area contributed by atoms with Gasteiger partial charge >= 0.3 is 12.4 Å². The van der Waals surface area contributed by atoms with Gasteiger partial charge in [-0.2, -0.15) is 0 Å². The maximum absolute atomic E-state index is 12.8. The molecule has 0 unspecified atom stereocenters. The fourth-order valence-electron chi connectivity index (χ4n) is 3.02. The highest BCUT2D eigenvalue weighted by Crippen LogP contribution is 2.42. The number of thioether (sulfide) groups is 1. The van der Waals surface area contributed by atoms with Crippen LogP contribution in [0.3, 0.4) is 0 Å². The molecular formula is C23H19Cl2F3N2O2S. The van der Waals surface area contributed by atoms with Crippen molar-refractivity contribution < 1.29 is 22.7 Å². The maximum atomic E-state index is 12.8. The molecule has 4 nitrogen and oxygen atoms in total. The first kappa shape index (κ1) is 25.1. The number of halogens is 5. The molecule has 10 heteroatoms. The van der Waals surface area contributed by atoms with Crippen molar-refractivity contribution in [3.8, 4) is 16.9 Å². The zero-order valence-corrected chi connectivity index (χ0v) is 19.6. The highest BCUT2D eigenvalue weighted by molar-refractivity contribution is 7.99. The van der Waals surface area contributed by atoms with Gasteiger partial charge < -0.3 is 15.4 Å². The van der Waals surface area contributed by atoms with Crippen molar-refractivity contribution in [1.29, 1.82) is 0 Å². The van der Waals surface area contributed by atoms with Gasteiger partial charge in [0.05, 0.1) is 10.0 Å². The SMILES string of the molecule is CCSc1ccc(CNC(=O)Nc2cc(Cl)c(-c3ccccc3OC(F)(F)F)c(Cl)c2)cc1. The van der Waals surface area contributed by atoms with E-state index in [-0.39, 0.29) is 26.9 Å². The fourth-order valence-corrected chi connectivity index (χ4v) is 4.37. The first-order valence-electron chi connectivity index (χ1n) is 9.77. The lowest BCUT2D eigenvalue weighted by atomic mass is 10.0. The molecule has 0 aliphatic rings. The van der Waals surface area contributed by atoms with E-state index in [1.807, 2.05) is 24.3 Å². The molecule has 0 saturated carbocycles. The van der Waals surface area contributed by atoms with Gasteiger partial charge in [-0.1, -0.05) is 60.5 Å². The molecule has 2 amide bonds. The zero-order chi connectivity index (χ0) is 24.0. The number of urea groups is 1. The third kappa shape index (κ3) is 7.22. The molecule has 0 aromatic heterocycles. The Morgan fingerprint density at radius 1 is 1.03 bits per heavy atom. The Bertz CT molecular complexity index is 1100. The average molecular weight is 515 g/mol. The summed E-state index contributed by atoms with van der Waals surface area (Å²) in [5.74, 6) is 0.542. The van der Waals surface area contributed by atoms with Crippen LogP contribution in [0.2, 0.25) is 10.0 Å². The van der Waals surface area contributed by atoms with Crippen molar-refractivity contribution in [3.63, 3.8) is 0 Å². The Hall–Kier alpha value is -2.55. The Labute approximate surface area is 203 Å². The molecule has 0 radical (unpaired) electrons. The van der Waals surface area contributed by atoms with E-state index >= 15 is 0 Å². The van der Waals surface area contributed by atoms with Gasteiger partial charge in [0.25, 0.3) is 0 Å². The molecule has 0 bridgehead atoms. The van der Waals surface area contributed by atoms with Crippen molar-refractivity contribution in [2.75, 3.05) is 11.1 Å². The molecule has 0 atom stereocenters. The van der Waals surface area contributed by atoms with E-state index in [9.17, 15) is 18.0 Å². The average Bonchev–Trinajstić information content (AvgIpc) is 2.73. The zero-order valence-electron chi connectivity index (χ0n) is 17.3. The van der Waals surface area contributed by atoms with Gasteiger partial charge in [-0.25, -0.2) is 4.79 Å². The van der Waals surface area contributed by atoms with Crippen LogP contribution in [0.4, 0.5) is 23.7 Å². The number of amides is 2. The van der Waals surface area contributed by atoms with E-state index in [1.54, 1.807) is 11.8 Å². The predicted octanol–water partition coefficient (Wildman–Crippen LogP) is 7.99. The minimum Gasteiger partial charge on any atom is -0.405 e. The van der Waals surface area contributed by atoms with E-state index in [1.165, 1.54) is 36.4 Å². The quantitative estimate of drug-likeness (QED) is 0.314. The third-order valence-corrected chi connectivity index (χ3v) is 5.86. The normalized spacial score (nSPS) is 11.2. The lowest BCUT2D eigenvalue weighted by Crippen LogP contribution is -2.28. The summed E-state index contributed by atoms with van der Waals surface area (Å²) in [4.78, 5) is 13.4. The first-order chi connectivity index (χ1) is 15.7. The molecule has 3 aromatic carbocycles. The highest BCUT2D eigenvalue weighted by Gasteiger charge is 2.32. The number of rotatable bonds is 7. The number of nitrogens with one attached hydrogen (secondary N) is 2. The number of anilines is 1. The fraction of sp³-hybridized carbons (Fsp3) is 0.174. The Kier molecular flexibility index (Phi) is 8.40. The van der Waals surface area contributed by atoms with Crippen LogP contribution >= 0.6 is 35.0 Å². The van der Waals surface area contributed by atoms with E-state index in [0.29, 0.717) is 6.54 Å². The number of hydrogen-bond donors (Lipinski definition) is 2. The van der Waals surface area contributed by atoms with Crippen LogP contribution in [0.15, 0.2) is 65.6 Å². The van der Waals surface area contributed by atoms with Crippen LogP contribution in [0, 0.1) is 0 Å². The molecule has 0 fully saturated rings. The molecule has 0 heterocycles. The van der Waals surface area contributed by atoms with Crippen LogP contribution in [-0.2, 0) is 6.54 Å². The summed E-state index contributed by atoms with van der Waals surface area (Å²) in [6.07, 6.45) is -4.87. The second-order valence-corrected chi connectivity index (χ2v) is 8.90. The summed E-state index contributed by atoms with van der Waals surface area (Å²) >= 11 is 14.4. The van der Waals surface area contributed by atoms with Crippen molar-refractivity contribution >= 4 is 46.7 Å². The van der Waals surface area contributed by atoms with E-state index in [0.717, 1.165) is 16.2 Å². The summed E-state index contributed by atoms with van der Waals surface area (Å²) in [7, 11) is 0. The number of carbonyl (C=O) groups excluding carboxylic acids is 1. The second-order valence-electron chi connectivity index (χ2n) is 6.74. The van der Waals surface area contributed by atoms with Crippen LogP contribution in [0.1, 0.15) is 12.5 Å². The second kappa shape index (κ2) is 11.0. The van der Waals surface area contributed by atoms with Gasteiger partial charge in [0.1, 0.15) is 5.75 Å². The molecule has 33 heavy (non-hydrogen) atoms. The Morgan fingerprint density at radius 2 is 1.67 bits per heavy atom. The van der Waals surface area contributed by atoms with E-state index < -0.39 is 18.1 Å². The standard InChI is InChI=1S/C23H19Cl2F3N2O2S/c1-2-33-16-9-7-14(8-10-16)13-29-22(31)30-15-11-18(24)21(19(25)12-15)17-5-3-4-6-20(17)32-23(26,27)28/h3-12H,2,13H2,1H3,(H2,29,30,31). The van der Waals surface area contributed by atoms with Gasteiger partial charge in [-0.05, 0) is 41.6 Å². The molecule has 0 saturated heterocycles. The highest BCUT2D eigenvalue weighted by atomic mass is 35.5. The smallest absolute Gasteiger partial charge is 0.405 e. The number of hydrogen-bond acceptors (Lipinski definition) is 3. The summed E-state index contributed by atoms with van der Waals surface area (Å²) < 4.78 is 42.3. The molecule has 0 aliphatic carbocycles. The Morgan fingerprint density at radius 3 is 2.27 bits per heavy atom. The molecule has 174 valence electrons. The van der Waals surface area contributed by atoms with Gasteiger partial charge in [0.15, 0.2) is 0 Å². The minimum atomic E-state index is -4.87. The van der Waals surface area contributed by atoms with Crippen LogP contribution < -0.4 is 15.4 Å². The lowest BCUT2D eigenvalue weighted by molar-refractivity contribution is -0.274. The number of carbonyl (C=O) groups is 1. The van der Waals surface area contributed by atoms with Gasteiger partial charge in [0, 0.05) is 28.3 Å². The summed E-state index contributed by atoms with van der Waals surface area (Å²) in [6.45, 7) is 2.38. The van der Waals surface area contributed by atoms with E-state index in [2.05, 4.69) is 22.3 Å². The van der Waals surface area contributed by atoms with Crippen molar-refractivity contribution in [3.05, 3.63) is 76.3 Å². The minimum absolute atomic E-state index is 0.0556. The van der Waals surface area contributed by atoms with Crippen LogP contribution in [0.25, 0.3) is 11.1 Å². The number of alkyl halides is 3. The number of ether oxygens (including phenoxy) is 1. The predicted molar refractivity (Wildman–Crippen MR) is 127 cm³/mol. The van der Waals surface area contributed by atoms with Crippen molar-refractivity contribution in [2.45, 2.75) is 24.7 Å². The van der Waals surface area contributed by atoms with Crippen molar-refractivity contribution in [1.82, 2.24) is 5.32 Å². The van der Waals surface area contributed by atoms with Crippen LogP contribution in [0.5, 0.6) is 5.75 Å². The molecule has 0 aliphatic heterocycles. The molecule has 0 spiro atoms. The summed E-state index contributed by atoms with van der Waals surface area (Å²) in [5.41, 5.74) is 1.45. The monoisotopic (exact) mass is 514 g/mol. The lowest BCUT2D eigenvalue weighted by Gasteiger charge is -2.16. The van der Waals surface area contributed by atoms with Crippen molar-refractivity contribution in [2.24, 2.45) is 0 Å². The van der Waals surface area contributed by atoms with Gasteiger partial charge in [-0.15, -0.1) is 24.9 Å². The molecule has 3 aromatic rings. The third-order valence-electron chi connectivity index (χ3n) is 4.37. The Balaban J connectivity index is 1.71. The molecular weight excluding hydrogens is 496 g/mol. The molecule has 3 rings (SSSR count). The van der Waals surface area contributed by atoms with Gasteiger partial charge in [0.2, 0.25) is 0 Å². The maximum Gasteiger partial charge on any atom is 0.573 e. The number of para-hydroxylation sites is 1. The van der Waals surface area contributed by atoms with E-state index in [4.69, 9.17) is 23.2 Å². The number of benzene rings is 3. The van der Waals surface area contributed by atoms with Crippen LogP contribution in [-0.4, -0.2) is 18.1 Å². The largest absolute Gasteiger partial charge is 0.573 e. The topological polar surface area (TPSA) is 50.4 Å². The molecule has 2 N–H and O–H groups in total. The summed E-state index contributed by atoms with van der Waals surface area (Å²) in [5, 5.41) is 5.46. The summed E-state index contributed by atoms with van der Waals surface area (Å²) in [6, 6.07) is 15.7.